The van der Waals surface area contributed by atoms with Crippen molar-refractivity contribution in [1.29, 1.82) is 0 Å². The molecule has 8 heteroatoms. The average Bonchev–Trinajstić information content (AvgIpc) is 2.26. The van der Waals surface area contributed by atoms with Gasteiger partial charge in [0.25, 0.3) is 0 Å². The first-order valence-corrected chi connectivity index (χ1v) is 4.28. The number of nitrogens with zero attached hydrogens (tertiary/aromatic N) is 2. The molecule has 1 rings (SSSR count). The summed E-state index contributed by atoms with van der Waals surface area (Å²) in [4.78, 5) is 25.1. The number of carboxylic acids is 1. The zero-order valence-corrected chi connectivity index (χ0v) is 8.52. The first-order valence-electron chi connectivity index (χ1n) is 4.28. The fraction of sp³-hybridized carbons (Fsp3) is 0.222. The van der Waals surface area contributed by atoms with Crippen molar-refractivity contribution in [2.45, 2.75) is 6.18 Å². The van der Waals surface area contributed by atoms with Gasteiger partial charge in [0, 0.05) is 7.05 Å². The highest BCUT2D eigenvalue weighted by molar-refractivity contribution is 5.96. The minimum absolute atomic E-state index is 0.242. The summed E-state index contributed by atoms with van der Waals surface area (Å²) >= 11 is 0. The Kier molecular flexibility index (Phi) is 3.35. The number of hydrogen-bond donors (Lipinski definition) is 1. The molecule has 1 aromatic heterocycles. The largest absolute Gasteiger partial charge is 0.477 e. The van der Waals surface area contributed by atoms with Crippen molar-refractivity contribution < 1.29 is 27.9 Å². The van der Waals surface area contributed by atoms with E-state index in [1.807, 2.05) is 0 Å². The second-order valence-electron chi connectivity index (χ2n) is 3.05. The van der Waals surface area contributed by atoms with Crippen LogP contribution in [-0.2, 0) is 4.79 Å². The van der Waals surface area contributed by atoms with E-state index in [1.165, 1.54) is 6.07 Å². The lowest BCUT2D eigenvalue weighted by molar-refractivity contribution is -0.170. The van der Waals surface area contributed by atoms with Crippen LogP contribution in [0.25, 0.3) is 0 Å². The summed E-state index contributed by atoms with van der Waals surface area (Å²) in [6.07, 6.45) is -5.03. The van der Waals surface area contributed by atoms with E-state index in [4.69, 9.17) is 5.11 Å². The first kappa shape index (κ1) is 12.9. The van der Waals surface area contributed by atoms with Crippen LogP contribution in [0.15, 0.2) is 18.2 Å². The van der Waals surface area contributed by atoms with Gasteiger partial charge in [-0.2, -0.15) is 13.2 Å². The summed E-state index contributed by atoms with van der Waals surface area (Å²) in [5, 5.41) is 8.60. The van der Waals surface area contributed by atoms with Gasteiger partial charge in [-0.15, -0.1) is 0 Å². The van der Waals surface area contributed by atoms with Crippen LogP contribution in [0, 0.1) is 0 Å². The molecule has 0 aliphatic rings. The van der Waals surface area contributed by atoms with Crippen LogP contribution in [-0.4, -0.2) is 35.2 Å². The van der Waals surface area contributed by atoms with E-state index >= 15 is 0 Å². The molecular weight excluding hydrogens is 241 g/mol. The van der Waals surface area contributed by atoms with Gasteiger partial charge in [0.2, 0.25) is 0 Å². The highest BCUT2D eigenvalue weighted by Crippen LogP contribution is 2.21. The Morgan fingerprint density at radius 3 is 2.41 bits per heavy atom. The summed E-state index contributed by atoms with van der Waals surface area (Å²) in [5.41, 5.74) is -0.440. The van der Waals surface area contributed by atoms with E-state index in [2.05, 4.69) is 4.98 Å². The van der Waals surface area contributed by atoms with Gasteiger partial charge in [0.1, 0.15) is 5.82 Å². The fourth-order valence-corrected chi connectivity index (χ4v) is 1.02. The van der Waals surface area contributed by atoms with Gasteiger partial charge in [-0.3, -0.25) is 9.69 Å². The van der Waals surface area contributed by atoms with E-state index in [1.54, 1.807) is 0 Å². The Labute approximate surface area is 93.5 Å². The van der Waals surface area contributed by atoms with Gasteiger partial charge >= 0.3 is 18.1 Å². The monoisotopic (exact) mass is 248 g/mol. The fourth-order valence-electron chi connectivity index (χ4n) is 1.02. The third kappa shape index (κ3) is 2.92. The Hall–Kier alpha value is -2.12. The summed E-state index contributed by atoms with van der Waals surface area (Å²) in [7, 11) is 0.865. The Morgan fingerprint density at radius 1 is 1.35 bits per heavy atom. The van der Waals surface area contributed by atoms with Crippen LogP contribution in [0.2, 0.25) is 0 Å². The first-order chi connectivity index (χ1) is 7.73. The zero-order valence-electron chi connectivity index (χ0n) is 8.52. The molecule has 5 nitrogen and oxygen atoms in total. The molecular formula is C9H7F3N2O3. The van der Waals surface area contributed by atoms with Crippen molar-refractivity contribution in [3.05, 3.63) is 23.9 Å². The molecule has 0 aliphatic heterocycles. The standard InChI is InChI=1S/C9H7F3N2O3/c1-14(8(17)9(10,11)12)6-4-2-3-5(13-6)7(15)16/h2-4H,1H3,(H,15,16). The molecule has 17 heavy (non-hydrogen) atoms. The second-order valence-corrected chi connectivity index (χ2v) is 3.05. The topological polar surface area (TPSA) is 70.5 Å². The number of anilines is 1. The molecule has 0 bridgehead atoms. The molecule has 92 valence electrons. The summed E-state index contributed by atoms with van der Waals surface area (Å²) in [6, 6.07) is 3.42. The number of carboxylic acid groups (broad SMARTS) is 1. The predicted octanol–water partition coefficient (Wildman–Crippen LogP) is 1.30. The van der Waals surface area contributed by atoms with Gasteiger partial charge < -0.3 is 5.11 Å². The predicted molar refractivity (Wildman–Crippen MR) is 50.7 cm³/mol. The molecule has 0 saturated carbocycles. The van der Waals surface area contributed by atoms with Crippen LogP contribution < -0.4 is 4.90 Å². The van der Waals surface area contributed by atoms with Crippen molar-refractivity contribution >= 4 is 17.7 Å². The molecule has 0 saturated heterocycles. The summed E-state index contributed by atoms with van der Waals surface area (Å²) in [6.45, 7) is 0. The number of alkyl halides is 3. The van der Waals surface area contributed by atoms with Gasteiger partial charge in [0.15, 0.2) is 5.69 Å². The second kappa shape index (κ2) is 4.40. The quantitative estimate of drug-likeness (QED) is 0.856. The highest BCUT2D eigenvalue weighted by Gasteiger charge is 2.42. The number of aromatic carboxylic acids is 1. The molecule has 1 heterocycles. The molecule has 0 aliphatic carbocycles. The number of amides is 1. The lowest BCUT2D eigenvalue weighted by Gasteiger charge is -2.17. The van der Waals surface area contributed by atoms with Crippen molar-refractivity contribution in [2.24, 2.45) is 0 Å². The van der Waals surface area contributed by atoms with Gasteiger partial charge in [-0.1, -0.05) is 6.07 Å². The molecule has 1 amide bonds. The van der Waals surface area contributed by atoms with E-state index in [0.717, 1.165) is 19.2 Å². The normalized spacial score (nSPS) is 11.1. The third-order valence-corrected chi connectivity index (χ3v) is 1.84. The van der Waals surface area contributed by atoms with E-state index < -0.39 is 23.7 Å². The number of aromatic nitrogens is 1. The van der Waals surface area contributed by atoms with Gasteiger partial charge in [-0.05, 0) is 12.1 Å². The van der Waals surface area contributed by atoms with Crippen LogP contribution in [0.5, 0.6) is 0 Å². The summed E-state index contributed by atoms with van der Waals surface area (Å²) in [5.74, 6) is -3.89. The Morgan fingerprint density at radius 2 is 1.94 bits per heavy atom. The Bertz CT molecular complexity index is 459. The van der Waals surface area contributed by atoms with E-state index in [-0.39, 0.29) is 10.7 Å². The maximum atomic E-state index is 12.1. The molecule has 0 unspecified atom stereocenters. The number of halogens is 3. The van der Waals surface area contributed by atoms with Crippen molar-refractivity contribution in [3.8, 4) is 0 Å². The summed E-state index contributed by atoms with van der Waals surface area (Å²) < 4.78 is 36.3. The lowest BCUT2D eigenvalue weighted by atomic mass is 10.3. The maximum Gasteiger partial charge on any atom is 0.471 e. The molecule has 0 atom stereocenters. The lowest BCUT2D eigenvalue weighted by Crippen LogP contribution is -2.39. The molecule has 0 spiro atoms. The molecule has 0 fully saturated rings. The number of carbonyl (C=O) groups excluding carboxylic acids is 1. The SMILES string of the molecule is CN(C(=O)C(F)(F)F)c1cccc(C(=O)O)n1. The van der Waals surface area contributed by atoms with Crippen molar-refractivity contribution in [2.75, 3.05) is 11.9 Å². The smallest absolute Gasteiger partial charge is 0.471 e. The van der Waals surface area contributed by atoms with Crippen LogP contribution >= 0.6 is 0 Å². The van der Waals surface area contributed by atoms with Crippen LogP contribution in [0.4, 0.5) is 19.0 Å². The highest BCUT2D eigenvalue weighted by atomic mass is 19.4. The minimum atomic E-state index is -5.03. The van der Waals surface area contributed by atoms with Crippen molar-refractivity contribution in [3.63, 3.8) is 0 Å². The number of pyridine rings is 1. The molecule has 1 N–H and O–H groups in total. The number of rotatable bonds is 2. The number of carbonyl (C=O) groups is 2. The van der Waals surface area contributed by atoms with Gasteiger partial charge in [0.05, 0.1) is 0 Å². The minimum Gasteiger partial charge on any atom is -0.477 e. The molecule has 1 aromatic rings. The molecule has 0 radical (unpaired) electrons. The Balaban J connectivity index is 3.05. The van der Waals surface area contributed by atoms with Crippen molar-refractivity contribution in [1.82, 2.24) is 4.98 Å². The van der Waals surface area contributed by atoms with E-state index in [0.29, 0.717) is 0 Å². The zero-order chi connectivity index (χ0) is 13.2. The van der Waals surface area contributed by atoms with Crippen LogP contribution in [0.1, 0.15) is 10.5 Å². The molecule has 0 aromatic carbocycles. The van der Waals surface area contributed by atoms with E-state index in [9.17, 15) is 22.8 Å². The van der Waals surface area contributed by atoms with Crippen LogP contribution in [0.3, 0.4) is 0 Å². The number of hydrogen-bond acceptors (Lipinski definition) is 3. The average molecular weight is 248 g/mol. The maximum absolute atomic E-state index is 12.1. The third-order valence-electron chi connectivity index (χ3n) is 1.84. The van der Waals surface area contributed by atoms with Gasteiger partial charge in [-0.25, -0.2) is 9.78 Å².